The van der Waals surface area contributed by atoms with Gasteiger partial charge in [0, 0.05) is 42.2 Å². The summed E-state index contributed by atoms with van der Waals surface area (Å²) in [6.07, 6.45) is 7.23. The third-order valence-electron chi connectivity index (χ3n) is 3.68. The molecule has 2 aromatic rings. The number of pyridine rings is 1. The van der Waals surface area contributed by atoms with Crippen LogP contribution >= 0.6 is 0 Å². The Hall–Kier alpha value is -1.97. The lowest BCUT2D eigenvalue weighted by Crippen LogP contribution is -2.12. The molecule has 0 aliphatic carbocycles. The van der Waals surface area contributed by atoms with Crippen molar-refractivity contribution >= 4 is 6.29 Å². The summed E-state index contributed by atoms with van der Waals surface area (Å²) in [6, 6.07) is 3.66. The van der Waals surface area contributed by atoms with E-state index in [0.29, 0.717) is 11.3 Å². The fourth-order valence-corrected chi connectivity index (χ4v) is 2.86. The molecular formula is C15H15FN2O. The van der Waals surface area contributed by atoms with Crippen molar-refractivity contribution in [3.05, 3.63) is 41.6 Å². The largest absolute Gasteiger partial charge is 0.342 e. The number of aromatic nitrogens is 2. The van der Waals surface area contributed by atoms with Gasteiger partial charge in [0.05, 0.1) is 5.69 Å². The smallest absolute Gasteiger partial charge is 0.152 e. The topological polar surface area (TPSA) is 34.9 Å². The van der Waals surface area contributed by atoms with Crippen LogP contribution in [0.4, 0.5) is 4.39 Å². The third kappa shape index (κ3) is 1.97. The van der Waals surface area contributed by atoms with E-state index < -0.39 is 0 Å². The molecule has 0 N–H and O–H groups in total. The van der Waals surface area contributed by atoms with Gasteiger partial charge in [-0.1, -0.05) is 0 Å². The zero-order valence-electron chi connectivity index (χ0n) is 10.6. The van der Waals surface area contributed by atoms with Crippen molar-refractivity contribution in [3.8, 4) is 11.3 Å². The summed E-state index contributed by atoms with van der Waals surface area (Å²) in [6.45, 7) is 0.815. The molecule has 3 nitrogen and oxygen atoms in total. The van der Waals surface area contributed by atoms with Crippen molar-refractivity contribution in [2.45, 2.75) is 32.2 Å². The van der Waals surface area contributed by atoms with Gasteiger partial charge in [-0.05, 0) is 31.4 Å². The average Bonchev–Trinajstić information content (AvgIpc) is 2.73. The molecule has 0 fully saturated rings. The molecular weight excluding hydrogens is 243 g/mol. The van der Waals surface area contributed by atoms with Crippen molar-refractivity contribution < 1.29 is 9.18 Å². The zero-order valence-corrected chi connectivity index (χ0v) is 10.6. The highest BCUT2D eigenvalue weighted by molar-refractivity contribution is 5.66. The first-order valence-corrected chi connectivity index (χ1v) is 6.56. The summed E-state index contributed by atoms with van der Waals surface area (Å²) in [5.74, 6) is -0.253. The fraction of sp³-hybridized carbons (Fsp3) is 0.333. The lowest BCUT2D eigenvalue weighted by molar-refractivity contribution is -0.107. The van der Waals surface area contributed by atoms with Crippen molar-refractivity contribution in [2.24, 2.45) is 0 Å². The molecule has 0 radical (unpaired) electrons. The number of carbonyl (C=O) groups is 1. The summed E-state index contributed by atoms with van der Waals surface area (Å²) in [4.78, 5) is 14.8. The molecule has 0 aromatic carbocycles. The molecule has 0 bridgehead atoms. The summed E-state index contributed by atoms with van der Waals surface area (Å²) in [5.41, 5.74) is 2.91. The van der Waals surface area contributed by atoms with E-state index in [4.69, 9.17) is 0 Å². The number of aldehydes is 1. The first-order chi connectivity index (χ1) is 9.33. The van der Waals surface area contributed by atoms with Crippen molar-refractivity contribution in [3.63, 3.8) is 0 Å². The molecule has 19 heavy (non-hydrogen) atoms. The molecule has 0 saturated carbocycles. The van der Waals surface area contributed by atoms with Crippen LogP contribution in [0.5, 0.6) is 0 Å². The molecule has 0 saturated heterocycles. The summed E-state index contributed by atoms with van der Waals surface area (Å²) < 4.78 is 16.6. The van der Waals surface area contributed by atoms with Crippen LogP contribution in [0.15, 0.2) is 24.5 Å². The Morgan fingerprint density at radius 2 is 2.32 bits per heavy atom. The third-order valence-corrected chi connectivity index (χ3v) is 3.68. The number of nitrogens with zero attached hydrogens (tertiary/aromatic N) is 2. The first kappa shape index (κ1) is 12.1. The maximum absolute atomic E-state index is 14.6. The van der Waals surface area contributed by atoms with E-state index in [1.54, 1.807) is 18.5 Å². The van der Waals surface area contributed by atoms with Gasteiger partial charge in [-0.15, -0.1) is 0 Å². The van der Waals surface area contributed by atoms with Gasteiger partial charge in [0.2, 0.25) is 0 Å². The van der Waals surface area contributed by atoms with E-state index in [9.17, 15) is 9.18 Å². The number of hydrogen-bond donors (Lipinski definition) is 0. The predicted molar refractivity (Wildman–Crippen MR) is 70.3 cm³/mol. The summed E-state index contributed by atoms with van der Waals surface area (Å²) >= 11 is 0. The molecule has 4 heteroatoms. The van der Waals surface area contributed by atoms with Crippen LogP contribution in [0.3, 0.4) is 0 Å². The Bertz CT molecular complexity index is 604. The molecule has 2 aromatic heterocycles. The monoisotopic (exact) mass is 258 g/mol. The van der Waals surface area contributed by atoms with Gasteiger partial charge in [-0.25, -0.2) is 4.39 Å². The van der Waals surface area contributed by atoms with E-state index in [1.807, 2.05) is 10.6 Å². The lowest BCUT2D eigenvalue weighted by atomic mass is 10.1. The summed E-state index contributed by atoms with van der Waals surface area (Å²) in [7, 11) is 0. The molecule has 0 spiro atoms. The quantitative estimate of drug-likeness (QED) is 0.793. The van der Waals surface area contributed by atoms with Gasteiger partial charge in [-0.2, -0.15) is 0 Å². The fourth-order valence-electron chi connectivity index (χ4n) is 2.86. The molecule has 3 rings (SSSR count). The number of halogens is 1. The molecule has 0 amide bonds. The SMILES string of the molecule is O=CCc1c(F)c(-c2cccnc2)n2c1CCCC2. The van der Waals surface area contributed by atoms with Gasteiger partial charge in [-0.3, -0.25) is 4.98 Å². The van der Waals surface area contributed by atoms with Crippen LogP contribution in [0, 0.1) is 5.82 Å². The molecule has 0 atom stereocenters. The Labute approximate surface area is 111 Å². The second-order valence-electron chi connectivity index (χ2n) is 4.81. The van der Waals surface area contributed by atoms with E-state index >= 15 is 0 Å². The van der Waals surface area contributed by atoms with E-state index in [-0.39, 0.29) is 12.2 Å². The predicted octanol–water partition coefficient (Wildman–Crippen LogP) is 2.77. The maximum Gasteiger partial charge on any atom is 0.152 e. The number of hydrogen-bond acceptors (Lipinski definition) is 2. The second kappa shape index (κ2) is 4.96. The highest BCUT2D eigenvalue weighted by Crippen LogP contribution is 2.33. The zero-order chi connectivity index (χ0) is 13.2. The Morgan fingerprint density at radius 3 is 3.05 bits per heavy atom. The summed E-state index contributed by atoms with van der Waals surface area (Å²) in [5, 5.41) is 0. The minimum atomic E-state index is -0.253. The average molecular weight is 258 g/mol. The van der Waals surface area contributed by atoms with Gasteiger partial charge in [0.1, 0.15) is 6.29 Å². The first-order valence-electron chi connectivity index (χ1n) is 6.56. The van der Waals surface area contributed by atoms with E-state index in [0.717, 1.165) is 43.4 Å². The Morgan fingerprint density at radius 1 is 1.42 bits per heavy atom. The van der Waals surface area contributed by atoms with Crippen LogP contribution in [-0.4, -0.2) is 15.8 Å². The minimum Gasteiger partial charge on any atom is -0.342 e. The lowest BCUT2D eigenvalue weighted by Gasteiger charge is -2.18. The van der Waals surface area contributed by atoms with Crippen LogP contribution in [-0.2, 0) is 24.2 Å². The normalized spacial score (nSPS) is 14.2. The molecule has 1 aliphatic heterocycles. The van der Waals surface area contributed by atoms with E-state index in [2.05, 4.69) is 4.98 Å². The van der Waals surface area contributed by atoms with Crippen LogP contribution in [0.1, 0.15) is 24.1 Å². The number of fused-ring (bicyclic) bond motifs is 1. The highest BCUT2D eigenvalue weighted by Gasteiger charge is 2.25. The molecule has 0 unspecified atom stereocenters. The van der Waals surface area contributed by atoms with Gasteiger partial charge in [0.25, 0.3) is 0 Å². The second-order valence-corrected chi connectivity index (χ2v) is 4.81. The van der Waals surface area contributed by atoms with Crippen LogP contribution < -0.4 is 0 Å². The standard InChI is InChI=1S/C15H15FN2O/c16-14-12(6-9-19)13-5-1-2-8-18(13)15(14)11-4-3-7-17-10-11/h3-4,7,9-10H,1-2,5-6,8H2. The minimum absolute atomic E-state index is 0.154. The van der Waals surface area contributed by atoms with Gasteiger partial charge < -0.3 is 9.36 Å². The maximum atomic E-state index is 14.6. The molecule has 1 aliphatic rings. The molecule has 3 heterocycles. The van der Waals surface area contributed by atoms with Crippen molar-refractivity contribution in [1.82, 2.24) is 9.55 Å². The van der Waals surface area contributed by atoms with E-state index in [1.165, 1.54) is 0 Å². The Kier molecular flexibility index (Phi) is 3.15. The number of carbonyl (C=O) groups excluding carboxylic acids is 1. The van der Waals surface area contributed by atoms with Gasteiger partial charge in [0.15, 0.2) is 5.82 Å². The van der Waals surface area contributed by atoms with Crippen molar-refractivity contribution in [1.29, 1.82) is 0 Å². The van der Waals surface area contributed by atoms with Crippen LogP contribution in [0.2, 0.25) is 0 Å². The Balaban J connectivity index is 2.21. The highest BCUT2D eigenvalue weighted by atomic mass is 19.1. The van der Waals surface area contributed by atoms with Crippen molar-refractivity contribution in [2.75, 3.05) is 0 Å². The van der Waals surface area contributed by atoms with Crippen LogP contribution in [0.25, 0.3) is 11.3 Å². The number of rotatable bonds is 3. The van der Waals surface area contributed by atoms with Gasteiger partial charge >= 0.3 is 0 Å². The molecule has 98 valence electrons.